The summed E-state index contributed by atoms with van der Waals surface area (Å²) >= 11 is 1.48. The number of nitrogens with one attached hydrogen (secondary N) is 1. The van der Waals surface area contributed by atoms with Crippen LogP contribution in [0.1, 0.15) is 5.56 Å². The molecule has 21 heavy (non-hydrogen) atoms. The van der Waals surface area contributed by atoms with Crippen LogP contribution in [0.25, 0.3) is 10.2 Å². The van der Waals surface area contributed by atoms with Crippen LogP contribution >= 0.6 is 11.3 Å². The molecule has 0 aliphatic rings. The van der Waals surface area contributed by atoms with Gasteiger partial charge in [0, 0.05) is 5.69 Å². The van der Waals surface area contributed by atoms with Crippen molar-refractivity contribution in [2.24, 2.45) is 0 Å². The van der Waals surface area contributed by atoms with Gasteiger partial charge in [0.1, 0.15) is 17.0 Å². The van der Waals surface area contributed by atoms with Crippen LogP contribution in [0.4, 0.5) is 24.7 Å². The number of halogens is 3. The number of alkyl halides is 3. The first-order chi connectivity index (χ1) is 10.0. The van der Waals surface area contributed by atoms with Gasteiger partial charge in [-0.05, 0) is 29.1 Å². The fourth-order valence-corrected chi connectivity index (χ4v) is 2.75. The minimum absolute atomic E-state index is 0.211. The van der Waals surface area contributed by atoms with Gasteiger partial charge in [-0.3, -0.25) is 0 Å². The third kappa shape index (κ3) is 3.30. The van der Waals surface area contributed by atoms with E-state index in [0.717, 1.165) is 10.2 Å². The lowest BCUT2D eigenvalue weighted by Gasteiger charge is -2.10. The molecule has 0 spiro atoms. The second-order valence-electron chi connectivity index (χ2n) is 4.48. The number of hydrogen-bond acceptors (Lipinski definition) is 4. The standard InChI is InChI=1S/C14H10F3N3S/c15-14(16,17)7-9-2-1-3-10(6-9)20-12-11-4-5-21-13(11)19-8-18-12/h1-6,8H,7H2,(H,18,19,20). The van der Waals surface area contributed by atoms with Crippen molar-refractivity contribution < 1.29 is 13.2 Å². The van der Waals surface area contributed by atoms with Gasteiger partial charge < -0.3 is 5.32 Å². The topological polar surface area (TPSA) is 37.8 Å². The molecule has 0 unspecified atom stereocenters. The zero-order valence-corrected chi connectivity index (χ0v) is 11.5. The van der Waals surface area contributed by atoms with E-state index in [-0.39, 0.29) is 5.56 Å². The maximum Gasteiger partial charge on any atom is 0.393 e. The first-order valence-corrected chi connectivity index (χ1v) is 7.00. The number of hydrogen-bond donors (Lipinski definition) is 1. The molecule has 0 fully saturated rings. The highest BCUT2D eigenvalue weighted by atomic mass is 32.1. The highest BCUT2D eigenvalue weighted by Crippen LogP contribution is 2.28. The van der Waals surface area contributed by atoms with Gasteiger partial charge in [-0.2, -0.15) is 13.2 Å². The third-order valence-corrected chi connectivity index (χ3v) is 3.68. The maximum absolute atomic E-state index is 12.4. The summed E-state index contributed by atoms with van der Waals surface area (Å²) in [5.41, 5.74) is 0.783. The van der Waals surface area contributed by atoms with Crippen LogP contribution < -0.4 is 5.32 Å². The third-order valence-electron chi connectivity index (χ3n) is 2.86. The Morgan fingerprint density at radius 1 is 1.14 bits per heavy atom. The van der Waals surface area contributed by atoms with Crippen LogP contribution in [0, 0.1) is 0 Å². The van der Waals surface area contributed by atoms with Crippen molar-refractivity contribution in [3.8, 4) is 0 Å². The first kappa shape index (κ1) is 13.8. The van der Waals surface area contributed by atoms with E-state index in [1.807, 2.05) is 11.4 Å². The summed E-state index contributed by atoms with van der Waals surface area (Å²) in [6, 6.07) is 8.12. The Labute approximate surface area is 122 Å². The molecule has 108 valence electrons. The normalized spacial score (nSPS) is 11.8. The van der Waals surface area contributed by atoms with Gasteiger partial charge in [0.25, 0.3) is 0 Å². The summed E-state index contributed by atoms with van der Waals surface area (Å²) in [4.78, 5) is 9.10. The van der Waals surface area contributed by atoms with Crippen molar-refractivity contribution in [2.45, 2.75) is 12.6 Å². The molecule has 3 nitrogen and oxygen atoms in total. The zero-order valence-electron chi connectivity index (χ0n) is 10.7. The van der Waals surface area contributed by atoms with Crippen LogP contribution in [0.5, 0.6) is 0 Å². The fourth-order valence-electron chi connectivity index (χ4n) is 2.02. The number of nitrogens with zero attached hydrogens (tertiary/aromatic N) is 2. The summed E-state index contributed by atoms with van der Waals surface area (Å²) in [7, 11) is 0. The Bertz CT molecular complexity index is 767. The largest absolute Gasteiger partial charge is 0.393 e. The van der Waals surface area contributed by atoms with Crippen molar-refractivity contribution in [1.29, 1.82) is 0 Å². The molecule has 0 amide bonds. The lowest BCUT2D eigenvalue weighted by Crippen LogP contribution is -2.11. The molecule has 7 heteroatoms. The monoisotopic (exact) mass is 309 g/mol. The van der Waals surface area contributed by atoms with Crippen LogP contribution in [0.3, 0.4) is 0 Å². The summed E-state index contributed by atoms with van der Waals surface area (Å²) in [6.45, 7) is 0. The quantitative estimate of drug-likeness (QED) is 0.772. The number of fused-ring (bicyclic) bond motifs is 1. The van der Waals surface area contributed by atoms with Crippen molar-refractivity contribution in [3.05, 3.63) is 47.6 Å². The van der Waals surface area contributed by atoms with Gasteiger partial charge in [0.2, 0.25) is 0 Å². The maximum atomic E-state index is 12.4. The molecule has 0 bridgehead atoms. The highest BCUT2D eigenvalue weighted by molar-refractivity contribution is 7.16. The predicted molar refractivity (Wildman–Crippen MR) is 76.9 cm³/mol. The molecule has 0 radical (unpaired) electrons. The minimum atomic E-state index is -4.21. The Morgan fingerprint density at radius 2 is 2.00 bits per heavy atom. The molecular formula is C14H10F3N3S. The SMILES string of the molecule is FC(F)(F)Cc1cccc(Nc2ncnc3sccc23)c1. The molecule has 0 saturated carbocycles. The van der Waals surface area contributed by atoms with Gasteiger partial charge in [-0.15, -0.1) is 11.3 Å². The van der Waals surface area contributed by atoms with Gasteiger partial charge in [-0.25, -0.2) is 9.97 Å². The number of thiophene rings is 1. The summed E-state index contributed by atoms with van der Waals surface area (Å²) in [5.74, 6) is 0.588. The lowest BCUT2D eigenvalue weighted by molar-refractivity contribution is -0.127. The minimum Gasteiger partial charge on any atom is -0.340 e. The summed E-state index contributed by atoms with van der Waals surface area (Å²) < 4.78 is 37.3. The second kappa shape index (κ2) is 5.33. The van der Waals surface area contributed by atoms with Crippen molar-refractivity contribution in [2.75, 3.05) is 5.32 Å². The molecule has 3 rings (SSSR count). The molecule has 1 N–H and O–H groups in total. The van der Waals surface area contributed by atoms with Crippen LogP contribution in [-0.2, 0) is 6.42 Å². The van der Waals surface area contributed by atoms with E-state index < -0.39 is 12.6 Å². The zero-order chi connectivity index (χ0) is 14.9. The Balaban J connectivity index is 1.88. The van der Waals surface area contributed by atoms with Gasteiger partial charge in [0.05, 0.1) is 11.8 Å². The number of anilines is 2. The van der Waals surface area contributed by atoms with Gasteiger partial charge >= 0.3 is 6.18 Å². The fraction of sp³-hybridized carbons (Fsp3) is 0.143. The summed E-state index contributed by atoms with van der Waals surface area (Å²) in [6.07, 6.45) is -3.73. The molecule has 2 aromatic heterocycles. The molecule has 0 aliphatic carbocycles. The highest BCUT2D eigenvalue weighted by Gasteiger charge is 2.27. The predicted octanol–water partition coefficient (Wildman–Crippen LogP) is 4.54. The van der Waals surface area contributed by atoms with E-state index in [1.165, 1.54) is 29.8 Å². The van der Waals surface area contributed by atoms with Crippen molar-refractivity contribution >= 4 is 33.1 Å². The molecule has 0 aliphatic heterocycles. The van der Waals surface area contributed by atoms with Crippen molar-refractivity contribution in [3.63, 3.8) is 0 Å². The average molecular weight is 309 g/mol. The van der Waals surface area contributed by atoms with E-state index in [4.69, 9.17) is 0 Å². The number of rotatable bonds is 3. The Kier molecular flexibility index (Phi) is 3.50. The van der Waals surface area contributed by atoms with E-state index in [1.54, 1.807) is 12.1 Å². The lowest BCUT2D eigenvalue weighted by atomic mass is 10.1. The Morgan fingerprint density at radius 3 is 2.81 bits per heavy atom. The molecule has 3 aromatic rings. The van der Waals surface area contributed by atoms with Crippen LogP contribution in [-0.4, -0.2) is 16.1 Å². The smallest absolute Gasteiger partial charge is 0.340 e. The molecular weight excluding hydrogens is 299 g/mol. The van der Waals surface area contributed by atoms with Crippen LogP contribution in [0.2, 0.25) is 0 Å². The van der Waals surface area contributed by atoms with E-state index in [2.05, 4.69) is 15.3 Å². The Hall–Kier alpha value is -2.15. The van der Waals surface area contributed by atoms with Gasteiger partial charge in [0.15, 0.2) is 0 Å². The van der Waals surface area contributed by atoms with Crippen LogP contribution in [0.15, 0.2) is 42.0 Å². The average Bonchev–Trinajstić information content (AvgIpc) is 2.86. The van der Waals surface area contributed by atoms with E-state index in [0.29, 0.717) is 11.5 Å². The van der Waals surface area contributed by atoms with E-state index in [9.17, 15) is 13.2 Å². The molecule has 0 atom stereocenters. The van der Waals surface area contributed by atoms with E-state index >= 15 is 0 Å². The van der Waals surface area contributed by atoms with Crippen molar-refractivity contribution in [1.82, 2.24) is 9.97 Å². The summed E-state index contributed by atoms with van der Waals surface area (Å²) in [5, 5.41) is 5.79. The molecule has 0 saturated heterocycles. The molecule has 2 heterocycles. The first-order valence-electron chi connectivity index (χ1n) is 6.12. The van der Waals surface area contributed by atoms with Gasteiger partial charge in [-0.1, -0.05) is 12.1 Å². The second-order valence-corrected chi connectivity index (χ2v) is 5.37. The number of benzene rings is 1. The number of aromatic nitrogens is 2. The molecule has 1 aromatic carbocycles.